The van der Waals surface area contributed by atoms with Crippen LogP contribution in [0.2, 0.25) is 0 Å². The molecule has 2 N–H and O–H groups in total. The summed E-state index contributed by atoms with van der Waals surface area (Å²) in [5.41, 5.74) is 2.12. The van der Waals surface area contributed by atoms with Gasteiger partial charge in [0.15, 0.2) is 0 Å². The molecule has 96 valence electrons. The second-order valence-corrected chi connectivity index (χ2v) is 4.46. The summed E-state index contributed by atoms with van der Waals surface area (Å²) in [5, 5.41) is 9.96. The maximum Gasteiger partial charge on any atom is 0.315 e. The number of aromatic nitrogens is 2. The maximum atomic E-state index is 11.7. The van der Waals surface area contributed by atoms with Crippen LogP contribution in [0.4, 0.5) is 4.79 Å². The maximum absolute atomic E-state index is 11.7. The van der Waals surface area contributed by atoms with Crippen LogP contribution in [-0.4, -0.2) is 21.9 Å². The van der Waals surface area contributed by atoms with Gasteiger partial charge in [0.05, 0.1) is 12.2 Å². The van der Waals surface area contributed by atoms with Crippen molar-refractivity contribution in [3.05, 3.63) is 17.5 Å². The molecule has 1 rings (SSSR count). The summed E-state index contributed by atoms with van der Waals surface area (Å²) < 4.78 is 1.81. The van der Waals surface area contributed by atoms with Crippen molar-refractivity contribution < 1.29 is 4.79 Å². The van der Waals surface area contributed by atoms with E-state index in [1.165, 1.54) is 0 Å². The third-order valence-corrected chi connectivity index (χ3v) is 3.08. The molecule has 0 saturated heterocycles. The number of nitrogens with one attached hydrogen (secondary N) is 2. The lowest BCUT2D eigenvalue weighted by Gasteiger charge is -2.17. The summed E-state index contributed by atoms with van der Waals surface area (Å²) in [5.74, 6) is 0. The van der Waals surface area contributed by atoms with E-state index in [0.717, 1.165) is 17.7 Å². The van der Waals surface area contributed by atoms with Gasteiger partial charge in [0.1, 0.15) is 0 Å². The Labute approximate surface area is 103 Å². The molecule has 0 unspecified atom stereocenters. The van der Waals surface area contributed by atoms with Gasteiger partial charge in [0, 0.05) is 24.3 Å². The van der Waals surface area contributed by atoms with Gasteiger partial charge in [0.2, 0.25) is 0 Å². The molecule has 2 amide bonds. The van der Waals surface area contributed by atoms with Gasteiger partial charge in [-0.25, -0.2) is 4.79 Å². The number of hydrogen-bond acceptors (Lipinski definition) is 2. The Morgan fingerprint density at radius 2 is 2.12 bits per heavy atom. The van der Waals surface area contributed by atoms with Crippen LogP contribution < -0.4 is 10.6 Å². The smallest absolute Gasteiger partial charge is 0.315 e. The van der Waals surface area contributed by atoms with Crippen LogP contribution >= 0.6 is 0 Å². The molecular weight excluding hydrogens is 216 g/mol. The fraction of sp³-hybridized carbons (Fsp3) is 0.667. The fourth-order valence-corrected chi connectivity index (χ4v) is 1.58. The summed E-state index contributed by atoms with van der Waals surface area (Å²) in [7, 11) is 1.89. The van der Waals surface area contributed by atoms with Gasteiger partial charge in [-0.2, -0.15) is 5.10 Å². The van der Waals surface area contributed by atoms with Gasteiger partial charge in [-0.3, -0.25) is 4.68 Å². The fourth-order valence-electron chi connectivity index (χ4n) is 1.58. The molecule has 17 heavy (non-hydrogen) atoms. The molecule has 0 saturated carbocycles. The second kappa shape index (κ2) is 5.70. The van der Waals surface area contributed by atoms with Crippen LogP contribution in [0.5, 0.6) is 0 Å². The first-order chi connectivity index (χ1) is 7.95. The number of aryl methyl sites for hydroxylation is 1. The quantitative estimate of drug-likeness (QED) is 0.841. The summed E-state index contributed by atoms with van der Waals surface area (Å²) in [6.45, 7) is 7.98. The monoisotopic (exact) mass is 238 g/mol. The normalized spacial score (nSPS) is 14.2. The van der Waals surface area contributed by atoms with Gasteiger partial charge in [-0.15, -0.1) is 0 Å². The van der Waals surface area contributed by atoms with Crippen LogP contribution in [0.15, 0.2) is 6.20 Å². The molecular formula is C12H22N4O. The summed E-state index contributed by atoms with van der Waals surface area (Å²) in [6.07, 6.45) is 2.72. The molecule has 0 radical (unpaired) electrons. The van der Waals surface area contributed by atoms with Crippen LogP contribution in [-0.2, 0) is 7.05 Å². The predicted octanol–water partition coefficient (Wildman–Crippen LogP) is 1.89. The van der Waals surface area contributed by atoms with E-state index in [9.17, 15) is 4.79 Å². The molecule has 2 atom stereocenters. The number of urea groups is 1. The Morgan fingerprint density at radius 3 is 2.59 bits per heavy atom. The Balaban J connectivity index is 2.57. The molecule has 0 bridgehead atoms. The van der Waals surface area contributed by atoms with E-state index in [4.69, 9.17) is 0 Å². The molecule has 0 aliphatic carbocycles. The minimum Gasteiger partial charge on any atom is -0.336 e. The lowest BCUT2D eigenvalue weighted by atomic mass is 10.1. The van der Waals surface area contributed by atoms with Gasteiger partial charge in [-0.1, -0.05) is 6.92 Å². The molecule has 0 aliphatic rings. The van der Waals surface area contributed by atoms with Crippen molar-refractivity contribution in [3.63, 3.8) is 0 Å². The number of carbonyl (C=O) groups excluding carboxylic acids is 1. The number of amides is 2. The zero-order valence-electron chi connectivity index (χ0n) is 11.2. The Kier molecular flexibility index (Phi) is 4.54. The van der Waals surface area contributed by atoms with Crippen molar-refractivity contribution >= 4 is 6.03 Å². The van der Waals surface area contributed by atoms with E-state index in [1.807, 2.05) is 34.7 Å². The SMILES string of the molecule is CC[C@@H](C)NC(=O)N[C@@H](C)c1cnn(C)c1C. The van der Waals surface area contributed by atoms with E-state index in [-0.39, 0.29) is 18.1 Å². The molecule has 0 aromatic carbocycles. The minimum atomic E-state index is -0.130. The molecule has 0 spiro atoms. The van der Waals surface area contributed by atoms with Gasteiger partial charge in [-0.05, 0) is 27.2 Å². The van der Waals surface area contributed by atoms with Crippen LogP contribution in [0, 0.1) is 6.92 Å². The zero-order valence-corrected chi connectivity index (χ0v) is 11.2. The topological polar surface area (TPSA) is 59.0 Å². The van der Waals surface area contributed by atoms with Gasteiger partial charge >= 0.3 is 6.03 Å². The zero-order chi connectivity index (χ0) is 13.0. The third kappa shape index (κ3) is 3.47. The highest BCUT2D eigenvalue weighted by molar-refractivity contribution is 5.74. The molecule has 5 heteroatoms. The largest absolute Gasteiger partial charge is 0.336 e. The summed E-state index contributed by atoms with van der Waals surface area (Å²) in [6, 6.07) is 0.0278. The van der Waals surface area contributed by atoms with Crippen molar-refractivity contribution in [3.8, 4) is 0 Å². The first kappa shape index (κ1) is 13.5. The Morgan fingerprint density at radius 1 is 1.47 bits per heavy atom. The van der Waals surface area contributed by atoms with Crippen molar-refractivity contribution in [2.45, 2.75) is 46.2 Å². The van der Waals surface area contributed by atoms with E-state index in [1.54, 1.807) is 10.9 Å². The molecule has 0 fully saturated rings. The van der Waals surface area contributed by atoms with Crippen LogP contribution in [0.25, 0.3) is 0 Å². The van der Waals surface area contributed by atoms with Crippen molar-refractivity contribution in [1.29, 1.82) is 0 Å². The lowest BCUT2D eigenvalue weighted by Crippen LogP contribution is -2.41. The highest BCUT2D eigenvalue weighted by Gasteiger charge is 2.14. The van der Waals surface area contributed by atoms with Crippen molar-refractivity contribution in [2.24, 2.45) is 7.05 Å². The molecule has 5 nitrogen and oxygen atoms in total. The molecule has 1 heterocycles. The Bertz CT molecular complexity index is 386. The van der Waals surface area contributed by atoms with E-state index < -0.39 is 0 Å². The lowest BCUT2D eigenvalue weighted by molar-refractivity contribution is 0.234. The van der Waals surface area contributed by atoms with E-state index >= 15 is 0 Å². The number of carbonyl (C=O) groups is 1. The first-order valence-corrected chi connectivity index (χ1v) is 6.01. The van der Waals surface area contributed by atoms with E-state index in [0.29, 0.717) is 0 Å². The minimum absolute atomic E-state index is 0.0345. The van der Waals surface area contributed by atoms with Crippen LogP contribution in [0.3, 0.4) is 0 Å². The molecule has 1 aromatic heterocycles. The highest BCUT2D eigenvalue weighted by Crippen LogP contribution is 2.15. The van der Waals surface area contributed by atoms with Crippen molar-refractivity contribution in [2.75, 3.05) is 0 Å². The average Bonchev–Trinajstić information content (AvgIpc) is 2.59. The predicted molar refractivity (Wildman–Crippen MR) is 67.8 cm³/mol. The van der Waals surface area contributed by atoms with Crippen molar-refractivity contribution in [1.82, 2.24) is 20.4 Å². The average molecular weight is 238 g/mol. The van der Waals surface area contributed by atoms with Gasteiger partial charge < -0.3 is 10.6 Å². The number of nitrogens with zero attached hydrogens (tertiary/aromatic N) is 2. The summed E-state index contributed by atoms with van der Waals surface area (Å²) in [4.78, 5) is 11.7. The molecule has 0 aliphatic heterocycles. The number of rotatable bonds is 4. The highest BCUT2D eigenvalue weighted by atomic mass is 16.2. The summed E-state index contributed by atoms with van der Waals surface area (Å²) >= 11 is 0. The standard InChI is InChI=1S/C12H22N4O/c1-6-8(2)14-12(17)15-9(3)11-7-13-16(5)10(11)4/h7-9H,6H2,1-5H3,(H2,14,15,17)/t8-,9+/m1/s1. The second-order valence-electron chi connectivity index (χ2n) is 4.46. The van der Waals surface area contributed by atoms with Gasteiger partial charge in [0.25, 0.3) is 0 Å². The molecule has 1 aromatic rings. The Hall–Kier alpha value is -1.52. The van der Waals surface area contributed by atoms with Crippen LogP contribution in [0.1, 0.15) is 44.5 Å². The first-order valence-electron chi connectivity index (χ1n) is 6.01. The van der Waals surface area contributed by atoms with E-state index in [2.05, 4.69) is 15.7 Å². The number of hydrogen-bond donors (Lipinski definition) is 2. The third-order valence-electron chi connectivity index (χ3n) is 3.08.